The van der Waals surface area contributed by atoms with E-state index < -0.39 is 29.5 Å². The lowest BCUT2D eigenvalue weighted by Gasteiger charge is -2.26. The van der Waals surface area contributed by atoms with Crippen molar-refractivity contribution in [1.82, 2.24) is 15.1 Å². The average Bonchev–Trinajstić information content (AvgIpc) is 3.33. The fourth-order valence-electron chi connectivity index (χ4n) is 3.99. The van der Waals surface area contributed by atoms with Crippen LogP contribution in [0.4, 0.5) is 4.79 Å². The summed E-state index contributed by atoms with van der Waals surface area (Å²) >= 11 is 0. The van der Waals surface area contributed by atoms with Gasteiger partial charge in [-0.05, 0) is 32.8 Å². The number of amides is 4. The van der Waals surface area contributed by atoms with Crippen LogP contribution in [0.1, 0.15) is 54.5 Å². The minimum atomic E-state index is -0.936. The Labute approximate surface area is 163 Å². The summed E-state index contributed by atoms with van der Waals surface area (Å²) in [6.45, 7) is 3.27. The number of aryl methyl sites for hydroxylation is 1. The molecule has 2 fully saturated rings. The summed E-state index contributed by atoms with van der Waals surface area (Å²) in [5.41, 5.74) is -0.554. The Bertz CT molecular complexity index is 824. The van der Waals surface area contributed by atoms with Crippen LogP contribution in [0.25, 0.3) is 0 Å². The van der Waals surface area contributed by atoms with E-state index in [0.29, 0.717) is 29.9 Å². The molecular formula is C19H25N3O6. The molecule has 1 N–H and O–H groups in total. The van der Waals surface area contributed by atoms with Gasteiger partial charge in [0.15, 0.2) is 0 Å². The summed E-state index contributed by atoms with van der Waals surface area (Å²) in [5, 5.41) is 2.78. The smallest absolute Gasteiger partial charge is 0.341 e. The summed E-state index contributed by atoms with van der Waals surface area (Å²) in [6, 6.07) is 0.0632. The van der Waals surface area contributed by atoms with E-state index in [1.165, 1.54) is 25.0 Å². The SMILES string of the molecule is COC(=O)c1cc(CN(C)C(=O)C(C)N2C(=O)NC3(CCCC3)C2=O)oc1C. The number of ether oxygens (including phenoxy) is 1. The van der Waals surface area contributed by atoms with Gasteiger partial charge in [-0.1, -0.05) is 12.8 Å². The highest BCUT2D eigenvalue weighted by atomic mass is 16.5. The highest BCUT2D eigenvalue weighted by Crippen LogP contribution is 2.36. The molecule has 4 amide bonds. The largest absolute Gasteiger partial charge is 0.465 e. The van der Waals surface area contributed by atoms with E-state index in [9.17, 15) is 19.2 Å². The van der Waals surface area contributed by atoms with Crippen LogP contribution in [0.15, 0.2) is 10.5 Å². The number of urea groups is 1. The molecule has 0 bridgehead atoms. The molecule has 1 aromatic heterocycles. The number of nitrogens with zero attached hydrogens (tertiary/aromatic N) is 2. The standard InChI is InChI=1S/C19H25N3O6/c1-11(22-17(25)19(20-18(22)26)7-5-6-8-19)15(23)21(3)10-13-9-14(12(2)28-13)16(24)27-4/h9,11H,5-8,10H2,1-4H3,(H,20,26). The van der Waals surface area contributed by atoms with Gasteiger partial charge >= 0.3 is 12.0 Å². The highest BCUT2D eigenvalue weighted by Gasteiger charge is 2.54. The Morgan fingerprint density at radius 2 is 2.00 bits per heavy atom. The van der Waals surface area contributed by atoms with Crippen molar-refractivity contribution in [3.8, 4) is 0 Å². The summed E-state index contributed by atoms with van der Waals surface area (Å²) in [7, 11) is 2.83. The number of hydrogen-bond acceptors (Lipinski definition) is 6. The third kappa shape index (κ3) is 3.25. The lowest BCUT2D eigenvalue weighted by Crippen LogP contribution is -2.50. The lowest BCUT2D eigenvalue weighted by atomic mass is 9.97. The molecule has 1 spiro atoms. The molecule has 2 heterocycles. The second kappa shape index (κ2) is 7.29. The van der Waals surface area contributed by atoms with Crippen molar-refractivity contribution in [1.29, 1.82) is 0 Å². The topological polar surface area (TPSA) is 109 Å². The van der Waals surface area contributed by atoms with Crippen LogP contribution in [-0.4, -0.2) is 59.4 Å². The summed E-state index contributed by atoms with van der Waals surface area (Å²) in [5.74, 6) is -0.437. The molecule has 2 aliphatic rings. The average molecular weight is 391 g/mol. The number of likely N-dealkylation sites (N-methyl/N-ethyl adjacent to an activating group) is 1. The number of imide groups is 1. The first-order valence-electron chi connectivity index (χ1n) is 9.28. The molecule has 28 heavy (non-hydrogen) atoms. The Hall–Kier alpha value is -2.84. The number of nitrogens with one attached hydrogen (secondary N) is 1. The van der Waals surface area contributed by atoms with Crippen LogP contribution in [0.3, 0.4) is 0 Å². The first kappa shape index (κ1) is 19.9. The van der Waals surface area contributed by atoms with E-state index in [-0.39, 0.29) is 12.5 Å². The van der Waals surface area contributed by atoms with Crippen molar-refractivity contribution in [2.24, 2.45) is 0 Å². The molecule has 0 aromatic carbocycles. The van der Waals surface area contributed by atoms with Crippen molar-refractivity contribution in [3.05, 3.63) is 23.2 Å². The first-order chi connectivity index (χ1) is 13.2. The van der Waals surface area contributed by atoms with Crippen LogP contribution >= 0.6 is 0 Å². The maximum absolute atomic E-state index is 12.8. The normalized spacial score (nSPS) is 19.1. The molecule has 3 rings (SSSR count). The number of hydrogen-bond donors (Lipinski definition) is 1. The zero-order valence-corrected chi connectivity index (χ0v) is 16.5. The maximum Gasteiger partial charge on any atom is 0.341 e. The van der Waals surface area contributed by atoms with Crippen LogP contribution in [0.5, 0.6) is 0 Å². The molecule has 0 radical (unpaired) electrons. The van der Waals surface area contributed by atoms with E-state index in [2.05, 4.69) is 10.1 Å². The van der Waals surface area contributed by atoms with Gasteiger partial charge in [0.2, 0.25) is 5.91 Å². The fraction of sp³-hybridized carbons (Fsp3) is 0.579. The Balaban J connectivity index is 1.70. The molecule has 1 unspecified atom stereocenters. The Morgan fingerprint density at radius 3 is 2.61 bits per heavy atom. The van der Waals surface area contributed by atoms with Gasteiger partial charge in [0.1, 0.15) is 28.7 Å². The minimum absolute atomic E-state index is 0.0931. The van der Waals surface area contributed by atoms with Gasteiger partial charge in [-0.2, -0.15) is 0 Å². The van der Waals surface area contributed by atoms with E-state index in [4.69, 9.17) is 4.42 Å². The van der Waals surface area contributed by atoms with Crippen molar-refractivity contribution in [2.75, 3.05) is 14.2 Å². The summed E-state index contributed by atoms with van der Waals surface area (Å²) in [6.07, 6.45) is 2.96. The molecule has 1 aromatic rings. The summed E-state index contributed by atoms with van der Waals surface area (Å²) < 4.78 is 10.2. The van der Waals surface area contributed by atoms with Gasteiger partial charge in [0.25, 0.3) is 5.91 Å². The molecule has 1 saturated heterocycles. The number of rotatable bonds is 5. The fourth-order valence-corrected chi connectivity index (χ4v) is 3.99. The highest BCUT2D eigenvalue weighted by molar-refractivity contribution is 6.09. The van der Waals surface area contributed by atoms with Gasteiger partial charge < -0.3 is 19.4 Å². The number of methoxy groups -OCH3 is 1. The van der Waals surface area contributed by atoms with Gasteiger partial charge in [-0.25, -0.2) is 14.5 Å². The third-order valence-corrected chi connectivity index (χ3v) is 5.54. The van der Waals surface area contributed by atoms with Crippen molar-refractivity contribution in [2.45, 2.75) is 57.7 Å². The van der Waals surface area contributed by atoms with Crippen molar-refractivity contribution < 1.29 is 28.3 Å². The van der Waals surface area contributed by atoms with E-state index in [1.807, 2.05) is 0 Å². The predicted molar refractivity (Wildman–Crippen MR) is 97.3 cm³/mol. The van der Waals surface area contributed by atoms with Crippen LogP contribution < -0.4 is 5.32 Å². The Morgan fingerprint density at radius 1 is 1.36 bits per heavy atom. The number of furan rings is 1. The number of carbonyl (C=O) groups excluding carboxylic acids is 4. The molecule has 1 aliphatic carbocycles. The van der Waals surface area contributed by atoms with Gasteiger partial charge in [0.05, 0.1) is 13.7 Å². The quantitative estimate of drug-likeness (QED) is 0.603. The van der Waals surface area contributed by atoms with Gasteiger partial charge in [-0.3, -0.25) is 9.59 Å². The molecule has 9 nitrogen and oxygen atoms in total. The third-order valence-electron chi connectivity index (χ3n) is 5.54. The number of carbonyl (C=O) groups is 4. The summed E-state index contributed by atoms with van der Waals surface area (Å²) in [4.78, 5) is 52.1. The lowest BCUT2D eigenvalue weighted by molar-refractivity contribution is -0.142. The van der Waals surface area contributed by atoms with E-state index in [1.54, 1.807) is 14.0 Å². The molecule has 1 saturated carbocycles. The zero-order valence-electron chi connectivity index (χ0n) is 16.5. The molecule has 1 atom stereocenters. The molecular weight excluding hydrogens is 366 g/mol. The minimum Gasteiger partial charge on any atom is -0.465 e. The van der Waals surface area contributed by atoms with Gasteiger partial charge in [-0.15, -0.1) is 0 Å². The molecule has 152 valence electrons. The molecule has 9 heteroatoms. The van der Waals surface area contributed by atoms with E-state index in [0.717, 1.165) is 17.7 Å². The van der Waals surface area contributed by atoms with Crippen LogP contribution in [0.2, 0.25) is 0 Å². The maximum atomic E-state index is 12.8. The zero-order chi connectivity index (χ0) is 20.6. The molecule has 1 aliphatic heterocycles. The second-order valence-corrected chi connectivity index (χ2v) is 7.44. The number of esters is 1. The van der Waals surface area contributed by atoms with E-state index >= 15 is 0 Å². The van der Waals surface area contributed by atoms with Crippen LogP contribution in [0, 0.1) is 6.92 Å². The van der Waals surface area contributed by atoms with Crippen molar-refractivity contribution in [3.63, 3.8) is 0 Å². The first-order valence-corrected chi connectivity index (χ1v) is 9.28. The second-order valence-electron chi connectivity index (χ2n) is 7.44. The predicted octanol–water partition coefficient (Wildman–Crippen LogP) is 1.59. The van der Waals surface area contributed by atoms with Gasteiger partial charge in [0, 0.05) is 7.05 Å². The Kier molecular flexibility index (Phi) is 5.18. The van der Waals surface area contributed by atoms with Crippen LogP contribution in [-0.2, 0) is 20.9 Å². The monoisotopic (exact) mass is 391 g/mol. The van der Waals surface area contributed by atoms with Crippen molar-refractivity contribution >= 4 is 23.8 Å².